The highest BCUT2D eigenvalue weighted by Gasteiger charge is 2.20. The standard InChI is InChI=1S/C16H15ClN2O/c1-9-6-12(17)3-4-13(9)16(18)10-2-5-14-11(7-10)8-15(20)19-14/h2-7,16H,8,18H2,1H3,(H,19,20). The number of carbonyl (C=O) groups excluding carboxylic acids is 1. The van der Waals surface area contributed by atoms with Crippen LogP contribution in [-0.2, 0) is 11.2 Å². The molecule has 0 saturated carbocycles. The zero-order valence-corrected chi connectivity index (χ0v) is 11.9. The van der Waals surface area contributed by atoms with Crippen molar-refractivity contribution in [3.63, 3.8) is 0 Å². The molecular formula is C16H15ClN2O. The van der Waals surface area contributed by atoms with Crippen LogP contribution >= 0.6 is 11.6 Å². The van der Waals surface area contributed by atoms with Gasteiger partial charge in [-0.25, -0.2) is 0 Å². The third-order valence-corrected chi connectivity index (χ3v) is 3.92. The molecule has 1 amide bonds. The van der Waals surface area contributed by atoms with E-state index in [4.69, 9.17) is 17.3 Å². The lowest BCUT2D eigenvalue weighted by Gasteiger charge is -2.16. The molecule has 1 unspecified atom stereocenters. The van der Waals surface area contributed by atoms with Gasteiger partial charge >= 0.3 is 0 Å². The third kappa shape index (κ3) is 2.30. The summed E-state index contributed by atoms with van der Waals surface area (Å²) in [6.45, 7) is 2.00. The molecule has 102 valence electrons. The maximum Gasteiger partial charge on any atom is 0.228 e. The largest absolute Gasteiger partial charge is 0.326 e. The number of rotatable bonds is 2. The fourth-order valence-electron chi connectivity index (χ4n) is 2.61. The lowest BCUT2D eigenvalue weighted by Crippen LogP contribution is -2.13. The highest BCUT2D eigenvalue weighted by atomic mass is 35.5. The molecule has 0 bridgehead atoms. The predicted octanol–water partition coefficient (Wildman–Crippen LogP) is 3.19. The first-order valence-corrected chi connectivity index (χ1v) is 6.86. The summed E-state index contributed by atoms with van der Waals surface area (Å²) in [4.78, 5) is 11.4. The number of hydrogen-bond acceptors (Lipinski definition) is 2. The number of anilines is 1. The van der Waals surface area contributed by atoms with Gasteiger partial charge in [0.1, 0.15) is 0 Å². The molecule has 0 radical (unpaired) electrons. The van der Waals surface area contributed by atoms with Crippen molar-refractivity contribution in [2.24, 2.45) is 5.73 Å². The Labute approximate surface area is 122 Å². The lowest BCUT2D eigenvalue weighted by atomic mass is 9.94. The molecule has 1 heterocycles. The van der Waals surface area contributed by atoms with E-state index in [1.165, 1.54) is 0 Å². The van der Waals surface area contributed by atoms with Crippen LogP contribution in [0.15, 0.2) is 36.4 Å². The zero-order chi connectivity index (χ0) is 14.3. The zero-order valence-electron chi connectivity index (χ0n) is 11.1. The predicted molar refractivity (Wildman–Crippen MR) is 81.0 cm³/mol. The van der Waals surface area contributed by atoms with Crippen molar-refractivity contribution in [2.75, 3.05) is 5.32 Å². The second-order valence-electron chi connectivity index (χ2n) is 5.12. The molecule has 1 aliphatic heterocycles. The summed E-state index contributed by atoms with van der Waals surface area (Å²) in [6.07, 6.45) is 0.426. The number of halogens is 1. The molecule has 2 aromatic rings. The number of hydrogen-bond donors (Lipinski definition) is 2. The molecule has 4 heteroatoms. The Balaban J connectivity index is 1.97. The molecule has 0 fully saturated rings. The van der Waals surface area contributed by atoms with Crippen molar-refractivity contribution in [1.29, 1.82) is 0 Å². The van der Waals surface area contributed by atoms with E-state index < -0.39 is 0 Å². The summed E-state index contributed by atoms with van der Waals surface area (Å²) in [5.41, 5.74) is 11.4. The molecule has 3 nitrogen and oxygen atoms in total. The van der Waals surface area contributed by atoms with Gasteiger partial charge in [-0.3, -0.25) is 4.79 Å². The normalized spacial score (nSPS) is 14.8. The molecule has 1 aliphatic rings. The van der Waals surface area contributed by atoms with Crippen molar-refractivity contribution in [1.82, 2.24) is 0 Å². The van der Waals surface area contributed by atoms with Crippen LogP contribution in [0, 0.1) is 6.92 Å². The molecule has 3 rings (SSSR count). The summed E-state index contributed by atoms with van der Waals surface area (Å²) in [5.74, 6) is 0.0356. The summed E-state index contributed by atoms with van der Waals surface area (Å²) in [5, 5.41) is 3.54. The molecule has 0 spiro atoms. The van der Waals surface area contributed by atoms with Crippen LogP contribution in [-0.4, -0.2) is 5.91 Å². The van der Waals surface area contributed by atoms with Crippen LogP contribution in [0.3, 0.4) is 0 Å². The Kier molecular flexibility index (Phi) is 3.24. The minimum atomic E-state index is -0.215. The van der Waals surface area contributed by atoms with Crippen molar-refractivity contribution in [3.8, 4) is 0 Å². The quantitative estimate of drug-likeness (QED) is 0.891. The van der Waals surface area contributed by atoms with E-state index in [-0.39, 0.29) is 11.9 Å². The summed E-state index contributed by atoms with van der Waals surface area (Å²) < 4.78 is 0. The van der Waals surface area contributed by atoms with Gasteiger partial charge in [0, 0.05) is 10.7 Å². The minimum Gasteiger partial charge on any atom is -0.326 e. The Morgan fingerprint density at radius 3 is 2.80 bits per heavy atom. The summed E-state index contributed by atoms with van der Waals surface area (Å²) in [6, 6.07) is 11.4. The van der Waals surface area contributed by atoms with Gasteiger partial charge in [0.15, 0.2) is 0 Å². The summed E-state index contributed by atoms with van der Waals surface area (Å²) in [7, 11) is 0. The van der Waals surface area contributed by atoms with Gasteiger partial charge in [0.05, 0.1) is 12.5 Å². The number of aryl methyl sites for hydroxylation is 1. The number of benzene rings is 2. The Bertz CT molecular complexity index is 697. The van der Waals surface area contributed by atoms with Crippen LogP contribution in [0.25, 0.3) is 0 Å². The van der Waals surface area contributed by atoms with Gasteiger partial charge in [-0.15, -0.1) is 0 Å². The van der Waals surface area contributed by atoms with E-state index in [1.54, 1.807) is 0 Å². The minimum absolute atomic E-state index is 0.0356. The van der Waals surface area contributed by atoms with Gasteiger partial charge in [-0.2, -0.15) is 0 Å². The average Bonchev–Trinajstić information content (AvgIpc) is 2.77. The van der Waals surface area contributed by atoms with Crippen molar-refractivity contribution < 1.29 is 4.79 Å². The first-order chi connectivity index (χ1) is 9.54. The smallest absolute Gasteiger partial charge is 0.228 e. The van der Waals surface area contributed by atoms with E-state index >= 15 is 0 Å². The lowest BCUT2D eigenvalue weighted by molar-refractivity contribution is -0.115. The maximum absolute atomic E-state index is 11.4. The van der Waals surface area contributed by atoms with Crippen molar-refractivity contribution >= 4 is 23.2 Å². The van der Waals surface area contributed by atoms with Gasteiger partial charge in [-0.05, 0) is 47.4 Å². The van der Waals surface area contributed by atoms with E-state index in [1.807, 2.05) is 43.3 Å². The number of fused-ring (bicyclic) bond motifs is 1. The number of nitrogens with two attached hydrogens (primary N) is 1. The number of carbonyl (C=O) groups is 1. The van der Waals surface area contributed by atoms with E-state index in [0.717, 1.165) is 27.9 Å². The van der Waals surface area contributed by atoms with Crippen LogP contribution < -0.4 is 11.1 Å². The van der Waals surface area contributed by atoms with E-state index in [0.29, 0.717) is 11.4 Å². The molecule has 0 aromatic heterocycles. The molecule has 20 heavy (non-hydrogen) atoms. The molecule has 0 aliphatic carbocycles. The Hall–Kier alpha value is -1.84. The first kappa shape index (κ1) is 13.2. The van der Waals surface area contributed by atoms with Crippen LogP contribution in [0.1, 0.15) is 28.3 Å². The summed E-state index contributed by atoms with van der Waals surface area (Å²) >= 11 is 5.97. The fourth-order valence-corrected chi connectivity index (χ4v) is 2.84. The van der Waals surface area contributed by atoms with Gasteiger partial charge in [-0.1, -0.05) is 29.8 Å². The molecule has 3 N–H and O–H groups in total. The van der Waals surface area contributed by atoms with Crippen molar-refractivity contribution in [2.45, 2.75) is 19.4 Å². The maximum atomic E-state index is 11.4. The van der Waals surface area contributed by atoms with Gasteiger partial charge in [0.25, 0.3) is 0 Å². The second-order valence-corrected chi connectivity index (χ2v) is 5.56. The second kappa shape index (κ2) is 4.93. The van der Waals surface area contributed by atoms with Crippen LogP contribution in [0.5, 0.6) is 0 Å². The monoisotopic (exact) mass is 286 g/mol. The first-order valence-electron chi connectivity index (χ1n) is 6.49. The van der Waals surface area contributed by atoms with Gasteiger partial charge in [0.2, 0.25) is 5.91 Å². The number of amides is 1. The number of nitrogens with one attached hydrogen (secondary N) is 1. The Morgan fingerprint density at radius 2 is 2.05 bits per heavy atom. The highest BCUT2D eigenvalue weighted by molar-refractivity contribution is 6.30. The highest BCUT2D eigenvalue weighted by Crippen LogP contribution is 2.30. The van der Waals surface area contributed by atoms with Crippen molar-refractivity contribution in [3.05, 3.63) is 63.7 Å². The van der Waals surface area contributed by atoms with E-state index in [9.17, 15) is 4.79 Å². The van der Waals surface area contributed by atoms with Crippen LogP contribution in [0.4, 0.5) is 5.69 Å². The van der Waals surface area contributed by atoms with E-state index in [2.05, 4.69) is 5.32 Å². The van der Waals surface area contributed by atoms with Crippen LogP contribution in [0.2, 0.25) is 5.02 Å². The molecular weight excluding hydrogens is 272 g/mol. The van der Waals surface area contributed by atoms with Gasteiger partial charge < -0.3 is 11.1 Å². The molecule has 1 atom stereocenters. The average molecular weight is 287 g/mol. The molecule has 2 aromatic carbocycles. The molecule has 0 saturated heterocycles. The SMILES string of the molecule is Cc1cc(Cl)ccc1C(N)c1ccc2c(c1)CC(=O)N2. The Morgan fingerprint density at radius 1 is 1.25 bits per heavy atom. The topological polar surface area (TPSA) is 55.1 Å². The fraction of sp³-hybridized carbons (Fsp3) is 0.188. The third-order valence-electron chi connectivity index (χ3n) is 3.68.